The first kappa shape index (κ1) is 11.4. The van der Waals surface area contributed by atoms with Crippen molar-refractivity contribution in [1.82, 2.24) is 0 Å². The molecule has 70 valence electrons. The molecule has 0 amide bonds. The lowest BCUT2D eigenvalue weighted by Crippen LogP contribution is -2.00. The average Bonchev–Trinajstić information content (AvgIpc) is 2.10. The Hall–Kier alpha value is -0.630. The maximum absolute atomic E-state index is 11.0. The summed E-state index contributed by atoms with van der Waals surface area (Å²) in [5, 5.41) is 9.09. The van der Waals surface area contributed by atoms with Gasteiger partial charge >= 0.3 is 0 Å². The van der Waals surface area contributed by atoms with E-state index in [1.807, 2.05) is 6.92 Å². The van der Waals surface area contributed by atoms with Gasteiger partial charge in [-0.25, -0.2) is 0 Å². The van der Waals surface area contributed by atoms with Crippen molar-refractivity contribution in [3.63, 3.8) is 0 Å². The zero-order valence-corrected chi connectivity index (χ0v) is 7.92. The molecule has 0 fully saturated rings. The Morgan fingerprint density at radius 2 is 2.17 bits per heavy atom. The minimum atomic E-state index is -0.462. The van der Waals surface area contributed by atoms with E-state index in [0.29, 0.717) is 12.8 Å². The number of allylic oxidation sites excluding steroid dienone is 1. The predicted molar refractivity (Wildman–Crippen MR) is 50.0 cm³/mol. The van der Waals surface area contributed by atoms with Crippen LogP contribution in [0.25, 0.3) is 0 Å². The van der Waals surface area contributed by atoms with E-state index in [0.717, 1.165) is 12.8 Å². The summed E-state index contributed by atoms with van der Waals surface area (Å²) in [4.78, 5) is 11.0. The van der Waals surface area contributed by atoms with Crippen molar-refractivity contribution in [3.05, 3.63) is 12.2 Å². The number of aliphatic hydroxyl groups is 1. The summed E-state index contributed by atoms with van der Waals surface area (Å²) in [7, 11) is 0. The minimum absolute atomic E-state index is 0.115. The molecule has 0 rings (SSSR count). The number of hydrogen-bond donors (Lipinski definition) is 1. The van der Waals surface area contributed by atoms with E-state index >= 15 is 0 Å². The van der Waals surface area contributed by atoms with Crippen LogP contribution in [-0.2, 0) is 4.79 Å². The highest BCUT2D eigenvalue weighted by Gasteiger charge is 1.97. The summed E-state index contributed by atoms with van der Waals surface area (Å²) in [6, 6.07) is 0. The Bertz CT molecular complexity index is 150. The van der Waals surface area contributed by atoms with Gasteiger partial charge in [0.25, 0.3) is 0 Å². The number of rotatable bonds is 6. The molecule has 2 heteroatoms. The van der Waals surface area contributed by atoms with Crippen LogP contribution in [0.1, 0.15) is 39.5 Å². The van der Waals surface area contributed by atoms with Crippen molar-refractivity contribution < 1.29 is 9.90 Å². The highest BCUT2D eigenvalue weighted by Crippen LogP contribution is 1.98. The van der Waals surface area contributed by atoms with Gasteiger partial charge in [0.2, 0.25) is 0 Å². The van der Waals surface area contributed by atoms with E-state index < -0.39 is 6.10 Å². The molecule has 0 aromatic rings. The van der Waals surface area contributed by atoms with Gasteiger partial charge in [-0.2, -0.15) is 0 Å². The third-order valence-corrected chi connectivity index (χ3v) is 1.70. The summed E-state index contributed by atoms with van der Waals surface area (Å²) in [5.74, 6) is 0.115. The number of unbranched alkanes of at least 4 members (excludes halogenated alkanes) is 1. The monoisotopic (exact) mass is 170 g/mol. The Kier molecular flexibility index (Phi) is 6.67. The summed E-state index contributed by atoms with van der Waals surface area (Å²) < 4.78 is 0. The molecule has 0 heterocycles. The van der Waals surface area contributed by atoms with Gasteiger partial charge in [-0.15, -0.1) is 0 Å². The molecule has 2 nitrogen and oxygen atoms in total. The van der Waals surface area contributed by atoms with Crippen LogP contribution in [-0.4, -0.2) is 17.0 Å². The first-order valence-corrected chi connectivity index (χ1v) is 4.59. The lowest BCUT2D eigenvalue weighted by atomic mass is 10.1. The molecule has 0 bridgehead atoms. The molecular formula is C10H18O2. The molecule has 0 radical (unpaired) electrons. The van der Waals surface area contributed by atoms with Crippen LogP contribution in [0.5, 0.6) is 0 Å². The lowest BCUT2D eigenvalue weighted by molar-refractivity contribution is -0.114. The quantitative estimate of drug-likeness (QED) is 0.620. The predicted octanol–water partition coefficient (Wildman–Crippen LogP) is 2.07. The van der Waals surface area contributed by atoms with E-state index in [4.69, 9.17) is 5.11 Å². The lowest BCUT2D eigenvalue weighted by Gasteiger charge is -1.98. The highest BCUT2D eigenvalue weighted by molar-refractivity contribution is 5.89. The molecule has 0 saturated heterocycles. The van der Waals surface area contributed by atoms with Crippen molar-refractivity contribution in [2.75, 3.05) is 0 Å². The number of carbonyl (C=O) groups excluding carboxylic acids is 1. The summed E-state index contributed by atoms with van der Waals surface area (Å²) >= 11 is 0. The summed E-state index contributed by atoms with van der Waals surface area (Å²) in [6.07, 6.45) is 5.83. The molecule has 1 N–H and O–H groups in total. The zero-order valence-electron chi connectivity index (χ0n) is 7.92. The topological polar surface area (TPSA) is 37.3 Å². The van der Waals surface area contributed by atoms with Crippen LogP contribution in [0.2, 0.25) is 0 Å². The van der Waals surface area contributed by atoms with Crippen LogP contribution < -0.4 is 0 Å². The molecular weight excluding hydrogens is 152 g/mol. The van der Waals surface area contributed by atoms with Crippen molar-refractivity contribution in [2.24, 2.45) is 0 Å². The largest absolute Gasteiger partial charge is 0.389 e. The second-order valence-corrected chi connectivity index (χ2v) is 2.90. The van der Waals surface area contributed by atoms with Gasteiger partial charge in [0.1, 0.15) is 0 Å². The fraction of sp³-hybridized carbons (Fsp3) is 0.700. The summed E-state index contributed by atoms with van der Waals surface area (Å²) in [6.45, 7) is 3.93. The first-order valence-electron chi connectivity index (χ1n) is 4.59. The van der Waals surface area contributed by atoms with Crippen molar-refractivity contribution in [1.29, 1.82) is 0 Å². The molecule has 0 aliphatic heterocycles. The maximum Gasteiger partial charge on any atom is 0.155 e. The third-order valence-electron chi connectivity index (χ3n) is 1.70. The average molecular weight is 170 g/mol. The maximum atomic E-state index is 11.0. The minimum Gasteiger partial charge on any atom is -0.389 e. The SMILES string of the molecule is CCCCC(=O)C=CC(O)CC. The van der Waals surface area contributed by atoms with E-state index in [-0.39, 0.29) is 5.78 Å². The van der Waals surface area contributed by atoms with Crippen molar-refractivity contribution >= 4 is 5.78 Å². The number of ketones is 1. The fourth-order valence-electron chi connectivity index (χ4n) is 0.789. The molecule has 12 heavy (non-hydrogen) atoms. The van der Waals surface area contributed by atoms with E-state index in [1.54, 1.807) is 6.08 Å². The highest BCUT2D eigenvalue weighted by atomic mass is 16.3. The van der Waals surface area contributed by atoms with Crippen LogP contribution in [0, 0.1) is 0 Å². The smallest absolute Gasteiger partial charge is 0.155 e. The second kappa shape index (κ2) is 7.04. The third kappa shape index (κ3) is 6.10. The normalized spacial score (nSPS) is 13.6. The molecule has 0 aliphatic rings. The Morgan fingerprint density at radius 3 is 2.67 bits per heavy atom. The van der Waals surface area contributed by atoms with E-state index in [1.165, 1.54) is 6.08 Å². The van der Waals surface area contributed by atoms with Crippen LogP contribution in [0.3, 0.4) is 0 Å². The number of carbonyl (C=O) groups is 1. The molecule has 0 aliphatic carbocycles. The van der Waals surface area contributed by atoms with Gasteiger partial charge in [0, 0.05) is 6.42 Å². The van der Waals surface area contributed by atoms with Gasteiger partial charge in [-0.05, 0) is 18.9 Å². The second-order valence-electron chi connectivity index (χ2n) is 2.90. The fourth-order valence-corrected chi connectivity index (χ4v) is 0.789. The first-order chi connectivity index (χ1) is 5.70. The Balaban J connectivity index is 3.60. The van der Waals surface area contributed by atoms with Crippen molar-refractivity contribution in [2.45, 2.75) is 45.6 Å². The van der Waals surface area contributed by atoms with Gasteiger partial charge in [0.05, 0.1) is 6.10 Å². The molecule has 1 atom stereocenters. The number of hydrogen-bond acceptors (Lipinski definition) is 2. The van der Waals surface area contributed by atoms with Crippen molar-refractivity contribution in [3.8, 4) is 0 Å². The standard InChI is InChI=1S/C10H18O2/c1-3-5-6-10(12)8-7-9(11)4-2/h7-9,11H,3-6H2,1-2H3. The molecule has 0 aromatic carbocycles. The van der Waals surface area contributed by atoms with Crippen LogP contribution >= 0.6 is 0 Å². The van der Waals surface area contributed by atoms with Gasteiger partial charge in [0.15, 0.2) is 5.78 Å². The zero-order chi connectivity index (χ0) is 9.40. The summed E-state index contributed by atoms with van der Waals surface area (Å²) in [5.41, 5.74) is 0. The Morgan fingerprint density at radius 1 is 1.50 bits per heavy atom. The molecule has 0 spiro atoms. The number of aliphatic hydroxyl groups excluding tert-OH is 1. The van der Waals surface area contributed by atoms with Crippen LogP contribution in [0.15, 0.2) is 12.2 Å². The molecule has 1 unspecified atom stereocenters. The van der Waals surface area contributed by atoms with Crippen LogP contribution in [0.4, 0.5) is 0 Å². The van der Waals surface area contributed by atoms with E-state index in [9.17, 15) is 4.79 Å². The van der Waals surface area contributed by atoms with Gasteiger partial charge in [-0.1, -0.05) is 26.3 Å². The molecule has 0 saturated carbocycles. The van der Waals surface area contributed by atoms with E-state index in [2.05, 4.69) is 6.92 Å². The Labute approximate surface area is 74.3 Å². The van der Waals surface area contributed by atoms with Gasteiger partial charge in [-0.3, -0.25) is 4.79 Å². The van der Waals surface area contributed by atoms with Gasteiger partial charge < -0.3 is 5.11 Å². The molecule has 0 aromatic heterocycles.